The molecule has 0 spiro atoms. The average molecular weight is 429 g/mol. The van der Waals surface area contributed by atoms with Crippen molar-refractivity contribution in [2.75, 3.05) is 0 Å². The predicted octanol–water partition coefficient (Wildman–Crippen LogP) is 5.93. The summed E-state index contributed by atoms with van der Waals surface area (Å²) in [4.78, 5) is 0. The summed E-state index contributed by atoms with van der Waals surface area (Å²) < 4.78 is 6.37. The zero-order valence-corrected chi connectivity index (χ0v) is 20.0. The van der Waals surface area contributed by atoms with Gasteiger partial charge >= 0.3 is 0 Å². The third-order valence-electron chi connectivity index (χ3n) is 6.07. The largest absolute Gasteiger partial charge is 0.508 e. The third-order valence-corrected chi connectivity index (χ3v) is 6.07. The van der Waals surface area contributed by atoms with Crippen LogP contribution in [0.25, 0.3) is 0 Å². The first-order valence-corrected chi connectivity index (χ1v) is 11.4. The van der Waals surface area contributed by atoms with E-state index in [1.54, 1.807) is 12.1 Å². The molecule has 1 heterocycles. The lowest BCUT2D eigenvalue weighted by Gasteiger charge is -2.36. The van der Waals surface area contributed by atoms with Gasteiger partial charge in [-0.2, -0.15) is 0 Å². The Morgan fingerprint density at radius 2 is 1.84 bits per heavy atom. The first-order valence-electron chi connectivity index (χ1n) is 11.4. The monoisotopic (exact) mass is 428 g/mol. The Bertz CT molecular complexity index is 845. The van der Waals surface area contributed by atoms with Gasteiger partial charge in [-0.05, 0) is 109 Å². The molecule has 1 aliphatic heterocycles. The van der Waals surface area contributed by atoms with Crippen LogP contribution in [-0.2, 0) is 6.42 Å². The molecule has 0 bridgehead atoms. The highest BCUT2D eigenvalue weighted by molar-refractivity contribution is 5.47. The molecule has 31 heavy (non-hydrogen) atoms. The summed E-state index contributed by atoms with van der Waals surface area (Å²) in [5, 5.41) is 30.0. The zero-order chi connectivity index (χ0) is 23.2. The lowest BCUT2D eigenvalue weighted by atomic mass is 9.87. The van der Waals surface area contributed by atoms with E-state index in [9.17, 15) is 15.3 Å². The van der Waals surface area contributed by atoms with Gasteiger partial charge in [0.15, 0.2) is 0 Å². The van der Waals surface area contributed by atoms with Crippen LogP contribution in [-0.4, -0.2) is 33.1 Å². The van der Waals surface area contributed by atoms with Crippen molar-refractivity contribution in [1.82, 2.24) is 0 Å². The number of phenols is 1. The van der Waals surface area contributed by atoms with E-state index in [0.29, 0.717) is 5.75 Å². The zero-order valence-electron chi connectivity index (χ0n) is 20.0. The van der Waals surface area contributed by atoms with Gasteiger partial charge in [-0.25, -0.2) is 0 Å². The summed E-state index contributed by atoms with van der Waals surface area (Å²) in [6, 6.07) is 3.58. The Morgan fingerprint density at radius 3 is 2.52 bits per heavy atom. The molecule has 172 valence electrons. The lowest BCUT2D eigenvalue weighted by molar-refractivity contribution is 0.0561. The normalized spacial score (nSPS) is 21.2. The molecule has 4 heteroatoms. The third kappa shape index (κ3) is 7.55. The Balaban J connectivity index is 1.84. The minimum atomic E-state index is -0.855. The predicted molar refractivity (Wildman–Crippen MR) is 128 cm³/mol. The number of hydrogen-bond acceptors (Lipinski definition) is 4. The molecule has 0 radical (unpaired) electrons. The molecule has 0 fully saturated rings. The number of allylic oxidation sites excluding steroid dienone is 4. The van der Waals surface area contributed by atoms with Crippen molar-refractivity contribution < 1.29 is 20.1 Å². The summed E-state index contributed by atoms with van der Waals surface area (Å²) in [6.45, 7) is 12.0. The van der Waals surface area contributed by atoms with E-state index in [0.717, 1.165) is 66.5 Å². The molecule has 0 saturated carbocycles. The number of rotatable bonds is 9. The second-order valence-corrected chi connectivity index (χ2v) is 9.56. The van der Waals surface area contributed by atoms with E-state index >= 15 is 0 Å². The van der Waals surface area contributed by atoms with E-state index in [1.165, 1.54) is 5.57 Å². The van der Waals surface area contributed by atoms with Crippen molar-refractivity contribution in [2.45, 2.75) is 97.9 Å². The first-order chi connectivity index (χ1) is 14.5. The maximum Gasteiger partial charge on any atom is 0.126 e. The summed E-state index contributed by atoms with van der Waals surface area (Å²) in [5.74, 6) is 1.24. The number of benzene rings is 1. The summed E-state index contributed by atoms with van der Waals surface area (Å²) in [6.07, 6.45) is 9.84. The van der Waals surface area contributed by atoms with Crippen LogP contribution in [0.2, 0.25) is 0 Å². The number of aromatic hydroxyl groups is 1. The minimum Gasteiger partial charge on any atom is -0.508 e. The smallest absolute Gasteiger partial charge is 0.126 e. The van der Waals surface area contributed by atoms with Gasteiger partial charge in [-0.1, -0.05) is 29.4 Å². The molecule has 2 rings (SSSR count). The van der Waals surface area contributed by atoms with Gasteiger partial charge < -0.3 is 20.1 Å². The van der Waals surface area contributed by atoms with Crippen LogP contribution in [0.4, 0.5) is 0 Å². The topological polar surface area (TPSA) is 69.9 Å². The van der Waals surface area contributed by atoms with Crippen LogP contribution in [0.3, 0.4) is 0 Å². The number of phenolic OH excluding ortho intramolecular Hbond substituents is 1. The molecule has 0 amide bonds. The van der Waals surface area contributed by atoms with Crippen LogP contribution in [0, 0.1) is 6.92 Å². The van der Waals surface area contributed by atoms with Crippen LogP contribution in [0.5, 0.6) is 11.5 Å². The second kappa shape index (κ2) is 11.0. The Morgan fingerprint density at radius 1 is 1.13 bits per heavy atom. The average Bonchev–Trinajstić information content (AvgIpc) is 2.67. The van der Waals surface area contributed by atoms with Gasteiger partial charge in [0, 0.05) is 0 Å². The van der Waals surface area contributed by atoms with Crippen molar-refractivity contribution in [3.63, 3.8) is 0 Å². The SMILES string of the molecule is CC(C)=CC(O)C(O)C(C)=CCCC(C)=CCCC1(C)CCc2cc(O)cc(C)c2O1. The van der Waals surface area contributed by atoms with E-state index in [-0.39, 0.29) is 5.60 Å². The summed E-state index contributed by atoms with van der Waals surface area (Å²) in [7, 11) is 0. The van der Waals surface area contributed by atoms with Crippen LogP contribution in [0.15, 0.2) is 47.1 Å². The van der Waals surface area contributed by atoms with Crippen molar-refractivity contribution in [2.24, 2.45) is 0 Å². The van der Waals surface area contributed by atoms with Gasteiger partial charge in [-0.15, -0.1) is 0 Å². The number of aliphatic hydroxyl groups is 2. The van der Waals surface area contributed by atoms with Crippen molar-refractivity contribution in [3.8, 4) is 11.5 Å². The van der Waals surface area contributed by atoms with Gasteiger partial charge in [0.2, 0.25) is 0 Å². The highest BCUT2D eigenvalue weighted by Gasteiger charge is 2.32. The molecule has 1 aromatic rings. The van der Waals surface area contributed by atoms with Crippen LogP contribution < -0.4 is 4.74 Å². The van der Waals surface area contributed by atoms with E-state index in [2.05, 4.69) is 19.9 Å². The fourth-order valence-corrected chi connectivity index (χ4v) is 4.11. The standard InChI is InChI=1S/C27H40O4/c1-18(2)15-24(29)25(30)20(4)11-7-9-19(3)10-8-13-27(6)14-12-22-17-23(28)16-21(5)26(22)31-27/h10-11,15-17,24-25,28-30H,7-9,12-14H2,1-6H3. The van der Waals surface area contributed by atoms with Crippen molar-refractivity contribution in [3.05, 3.63) is 58.2 Å². The van der Waals surface area contributed by atoms with Gasteiger partial charge in [0.05, 0.1) is 0 Å². The van der Waals surface area contributed by atoms with Gasteiger partial charge in [-0.3, -0.25) is 0 Å². The first kappa shape index (κ1) is 25.2. The van der Waals surface area contributed by atoms with Crippen molar-refractivity contribution in [1.29, 1.82) is 0 Å². The number of ether oxygens (including phenoxy) is 1. The molecule has 4 nitrogen and oxygen atoms in total. The fraction of sp³-hybridized carbons (Fsp3) is 0.556. The fourth-order valence-electron chi connectivity index (χ4n) is 4.11. The van der Waals surface area contributed by atoms with Crippen LogP contribution >= 0.6 is 0 Å². The molecule has 3 atom stereocenters. The quantitative estimate of drug-likeness (QED) is 0.427. The number of aliphatic hydroxyl groups excluding tert-OH is 2. The molecule has 3 unspecified atom stereocenters. The van der Waals surface area contributed by atoms with Crippen LogP contribution in [0.1, 0.15) is 77.8 Å². The number of aryl methyl sites for hydroxylation is 2. The maximum atomic E-state index is 10.2. The molecule has 1 aromatic carbocycles. The molecular weight excluding hydrogens is 388 g/mol. The number of hydrogen-bond donors (Lipinski definition) is 3. The number of fused-ring (bicyclic) bond motifs is 1. The highest BCUT2D eigenvalue weighted by Crippen LogP contribution is 2.39. The molecule has 3 N–H and O–H groups in total. The van der Waals surface area contributed by atoms with E-state index in [4.69, 9.17) is 4.74 Å². The molecule has 0 aromatic heterocycles. The molecule has 0 saturated heterocycles. The van der Waals surface area contributed by atoms with E-state index in [1.807, 2.05) is 39.8 Å². The highest BCUT2D eigenvalue weighted by atomic mass is 16.5. The summed E-state index contributed by atoms with van der Waals surface area (Å²) >= 11 is 0. The molecular formula is C27H40O4. The van der Waals surface area contributed by atoms with Gasteiger partial charge in [0.25, 0.3) is 0 Å². The molecule has 1 aliphatic rings. The molecule has 0 aliphatic carbocycles. The van der Waals surface area contributed by atoms with Gasteiger partial charge in [0.1, 0.15) is 29.3 Å². The Kier molecular flexibility index (Phi) is 8.96. The minimum absolute atomic E-state index is 0.187. The van der Waals surface area contributed by atoms with E-state index < -0.39 is 12.2 Å². The Hall–Kier alpha value is -2.04. The lowest BCUT2D eigenvalue weighted by Crippen LogP contribution is -2.36. The Labute approximate surface area is 188 Å². The summed E-state index contributed by atoms with van der Waals surface area (Å²) in [5.41, 5.74) is 5.02. The second-order valence-electron chi connectivity index (χ2n) is 9.56. The maximum absolute atomic E-state index is 10.2. The van der Waals surface area contributed by atoms with Crippen molar-refractivity contribution >= 4 is 0 Å².